The van der Waals surface area contributed by atoms with Crippen LogP contribution in [-0.2, 0) is 4.79 Å². The summed E-state index contributed by atoms with van der Waals surface area (Å²) in [5, 5.41) is 19.9. The molecule has 0 fully saturated rings. The number of hydrazone groups is 1. The maximum atomic E-state index is 11.4. The summed E-state index contributed by atoms with van der Waals surface area (Å²) >= 11 is 0. The van der Waals surface area contributed by atoms with Crippen LogP contribution in [0.3, 0.4) is 0 Å². The van der Waals surface area contributed by atoms with Gasteiger partial charge in [-0.05, 0) is 19.1 Å². The second-order valence-corrected chi connectivity index (χ2v) is 4.18. The van der Waals surface area contributed by atoms with E-state index >= 15 is 0 Å². The number of nitrogens with one attached hydrogen (secondary N) is 1. The lowest BCUT2D eigenvalue weighted by atomic mass is 10.2. The number of para-hydroxylation sites is 1. The first-order valence-electron chi connectivity index (χ1n) is 5.97. The van der Waals surface area contributed by atoms with Crippen LogP contribution in [0.25, 0.3) is 5.69 Å². The largest absolute Gasteiger partial charge is 0.272 e. The average Bonchev–Trinajstić information content (AvgIpc) is 3.06. The van der Waals surface area contributed by atoms with E-state index in [9.17, 15) is 4.79 Å². The zero-order valence-corrected chi connectivity index (χ0v) is 10.6. The fourth-order valence-electron chi connectivity index (χ4n) is 1.69. The van der Waals surface area contributed by atoms with E-state index in [1.54, 1.807) is 6.92 Å². The summed E-state index contributed by atoms with van der Waals surface area (Å²) in [6.45, 7) is 1.71. The molecule has 0 saturated carbocycles. The van der Waals surface area contributed by atoms with Crippen molar-refractivity contribution in [2.75, 3.05) is 0 Å². The molecule has 1 aromatic heterocycles. The number of nitrogens with zero attached hydrogens (tertiary/aromatic N) is 6. The molecule has 2 aromatic rings. The lowest BCUT2D eigenvalue weighted by molar-refractivity contribution is -0.120. The van der Waals surface area contributed by atoms with Crippen molar-refractivity contribution in [3.63, 3.8) is 0 Å². The topological polar surface area (TPSA) is 96.9 Å². The van der Waals surface area contributed by atoms with Gasteiger partial charge in [-0.2, -0.15) is 15.3 Å². The van der Waals surface area contributed by atoms with Crippen LogP contribution < -0.4 is 5.43 Å². The summed E-state index contributed by atoms with van der Waals surface area (Å²) in [7, 11) is 0. The van der Waals surface area contributed by atoms with Crippen LogP contribution >= 0.6 is 0 Å². The van der Waals surface area contributed by atoms with Crippen molar-refractivity contribution in [2.45, 2.75) is 13.0 Å². The normalized spacial score (nSPS) is 18.4. The van der Waals surface area contributed by atoms with Crippen LogP contribution in [0.1, 0.15) is 6.92 Å². The predicted octanol–water partition coefficient (Wildman–Crippen LogP) is 1.23. The molecule has 8 nitrogen and oxygen atoms in total. The van der Waals surface area contributed by atoms with Gasteiger partial charge in [0.15, 0.2) is 6.04 Å². The quantitative estimate of drug-likeness (QED) is 0.848. The number of carbonyl (C=O) groups excluding carboxylic acids is 1. The standard InChI is InChI=1S/C12H11N7O/c1-8-11(12(20)17-14-8)16-15-10-7-13-19(18-10)9-5-3-2-4-6-9/h2-7,11H,1H3,(H,17,20)/t11-/m0/s1. The minimum atomic E-state index is -0.683. The molecule has 0 spiro atoms. The second kappa shape index (κ2) is 5.00. The van der Waals surface area contributed by atoms with Crippen molar-refractivity contribution in [3.8, 4) is 5.69 Å². The minimum absolute atomic E-state index is 0.290. The summed E-state index contributed by atoms with van der Waals surface area (Å²) < 4.78 is 0. The Bertz CT molecular complexity index is 689. The monoisotopic (exact) mass is 269 g/mol. The van der Waals surface area contributed by atoms with Crippen molar-refractivity contribution in [1.29, 1.82) is 0 Å². The summed E-state index contributed by atoms with van der Waals surface area (Å²) in [4.78, 5) is 12.9. The Morgan fingerprint density at radius 3 is 2.80 bits per heavy atom. The van der Waals surface area contributed by atoms with E-state index in [-0.39, 0.29) is 5.91 Å². The Morgan fingerprint density at radius 1 is 1.30 bits per heavy atom. The van der Waals surface area contributed by atoms with E-state index in [1.165, 1.54) is 11.0 Å². The molecule has 0 aliphatic carbocycles. The van der Waals surface area contributed by atoms with E-state index in [0.29, 0.717) is 11.5 Å². The molecule has 1 N–H and O–H groups in total. The molecule has 0 bridgehead atoms. The molecule has 3 rings (SSSR count). The van der Waals surface area contributed by atoms with Gasteiger partial charge < -0.3 is 0 Å². The third-order valence-corrected chi connectivity index (χ3v) is 2.73. The Balaban J connectivity index is 1.78. The zero-order valence-electron chi connectivity index (χ0n) is 10.6. The molecule has 20 heavy (non-hydrogen) atoms. The molecule has 0 saturated heterocycles. The summed E-state index contributed by atoms with van der Waals surface area (Å²) in [5.41, 5.74) is 3.74. The first-order chi connectivity index (χ1) is 9.74. The van der Waals surface area contributed by atoms with E-state index in [0.717, 1.165) is 5.69 Å². The molecule has 0 radical (unpaired) electrons. The van der Waals surface area contributed by atoms with Crippen LogP contribution in [0.5, 0.6) is 0 Å². The summed E-state index contributed by atoms with van der Waals surface area (Å²) in [6, 6.07) is 8.76. The average molecular weight is 269 g/mol. The van der Waals surface area contributed by atoms with Gasteiger partial charge in [0.1, 0.15) is 0 Å². The van der Waals surface area contributed by atoms with Gasteiger partial charge in [0.05, 0.1) is 17.6 Å². The van der Waals surface area contributed by atoms with Gasteiger partial charge in [0.25, 0.3) is 5.91 Å². The molecule has 2 heterocycles. The van der Waals surface area contributed by atoms with Gasteiger partial charge in [0.2, 0.25) is 5.82 Å². The molecule has 0 unspecified atom stereocenters. The van der Waals surface area contributed by atoms with Gasteiger partial charge in [-0.1, -0.05) is 18.2 Å². The van der Waals surface area contributed by atoms with Gasteiger partial charge >= 0.3 is 0 Å². The van der Waals surface area contributed by atoms with Crippen LogP contribution in [0.2, 0.25) is 0 Å². The molecule has 8 heteroatoms. The SMILES string of the molecule is CC1=NNC(=O)[C@H]1N=Nc1cnn(-c2ccccc2)n1. The highest BCUT2D eigenvalue weighted by Crippen LogP contribution is 2.12. The number of rotatable bonds is 3. The van der Waals surface area contributed by atoms with E-state index in [1.807, 2.05) is 30.3 Å². The minimum Gasteiger partial charge on any atom is -0.270 e. The Labute approximate surface area is 114 Å². The van der Waals surface area contributed by atoms with E-state index in [2.05, 4.69) is 31.0 Å². The molecule has 1 amide bonds. The fraction of sp³-hybridized carbons (Fsp3) is 0.167. The van der Waals surface area contributed by atoms with Crippen LogP contribution in [0.15, 0.2) is 51.9 Å². The zero-order chi connectivity index (χ0) is 13.9. The van der Waals surface area contributed by atoms with Crippen LogP contribution in [0.4, 0.5) is 5.82 Å². The molecule has 1 aromatic carbocycles. The molecule has 1 atom stereocenters. The molecule has 1 aliphatic rings. The van der Waals surface area contributed by atoms with Crippen molar-refractivity contribution in [1.82, 2.24) is 20.4 Å². The fourth-order valence-corrected chi connectivity index (χ4v) is 1.69. The Hall–Kier alpha value is -2.90. The molecular weight excluding hydrogens is 258 g/mol. The van der Waals surface area contributed by atoms with Crippen molar-refractivity contribution in [2.24, 2.45) is 15.3 Å². The molecular formula is C12H11N7O. The predicted molar refractivity (Wildman–Crippen MR) is 70.9 cm³/mol. The summed E-state index contributed by atoms with van der Waals surface area (Å²) in [5.74, 6) is 0.0445. The summed E-state index contributed by atoms with van der Waals surface area (Å²) in [6.07, 6.45) is 1.48. The van der Waals surface area contributed by atoms with Gasteiger partial charge in [-0.15, -0.1) is 15.0 Å². The first-order valence-corrected chi connectivity index (χ1v) is 5.97. The highest BCUT2D eigenvalue weighted by molar-refractivity contribution is 6.10. The number of carbonyl (C=O) groups is 1. The van der Waals surface area contributed by atoms with Crippen LogP contribution in [-0.4, -0.2) is 32.7 Å². The lowest BCUT2D eigenvalue weighted by Gasteiger charge is -1.97. The number of hydrogen-bond acceptors (Lipinski definition) is 6. The smallest absolute Gasteiger partial charge is 0.270 e. The molecule has 100 valence electrons. The van der Waals surface area contributed by atoms with E-state index in [4.69, 9.17) is 0 Å². The van der Waals surface area contributed by atoms with Gasteiger partial charge in [0, 0.05) is 0 Å². The second-order valence-electron chi connectivity index (χ2n) is 4.18. The maximum absolute atomic E-state index is 11.4. The van der Waals surface area contributed by atoms with Gasteiger partial charge in [-0.3, -0.25) is 4.79 Å². The highest BCUT2D eigenvalue weighted by atomic mass is 16.2. The number of benzene rings is 1. The number of amides is 1. The third-order valence-electron chi connectivity index (χ3n) is 2.73. The Kier molecular flexibility index (Phi) is 3.04. The number of hydrogen-bond donors (Lipinski definition) is 1. The number of aromatic nitrogens is 3. The van der Waals surface area contributed by atoms with Crippen molar-refractivity contribution < 1.29 is 4.79 Å². The highest BCUT2D eigenvalue weighted by Gasteiger charge is 2.26. The van der Waals surface area contributed by atoms with Crippen molar-refractivity contribution >= 4 is 17.4 Å². The Morgan fingerprint density at radius 2 is 2.10 bits per heavy atom. The van der Waals surface area contributed by atoms with E-state index < -0.39 is 6.04 Å². The number of azo groups is 1. The maximum Gasteiger partial charge on any atom is 0.272 e. The van der Waals surface area contributed by atoms with Gasteiger partial charge in [-0.25, -0.2) is 5.43 Å². The third kappa shape index (κ3) is 2.30. The first kappa shape index (κ1) is 12.2. The van der Waals surface area contributed by atoms with Crippen molar-refractivity contribution in [3.05, 3.63) is 36.5 Å². The van der Waals surface area contributed by atoms with Crippen LogP contribution in [0, 0.1) is 0 Å². The lowest BCUT2D eigenvalue weighted by Crippen LogP contribution is -2.25. The molecule has 1 aliphatic heterocycles.